The molecule has 0 aromatic rings. The molecule has 1 amide bonds. The van der Waals surface area contributed by atoms with Crippen LogP contribution in [-0.4, -0.2) is 99.6 Å². The Morgan fingerprint density at radius 3 is 1.36 bits per heavy atom. The summed E-state index contributed by atoms with van der Waals surface area (Å²) in [4.78, 5) is 26.5. The van der Waals surface area contributed by atoms with Crippen LogP contribution in [0.4, 0.5) is 0 Å². The Balaban J connectivity index is 2.59. The normalized spacial score (nSPS) is 19.3. The Labute approximate surface area is 489 Å². The zero-order valence-electron chi connectivity index (χ0n) is 51.2. The summed E-state index contributed by atoms with van der Waals surface area (Å²) < 4.78 is 17.6. The van der Waals surface area contributed by atoms with E-state index < -0.39 is 67.4 Å². The summed E-state index contributed by atoms with van der Waals surface area (Å²) in [6, 6.07) is -1.03. The van der Waals surface area contributed by atoms with Crippen LogP contribution in [0.25, 0.3) is 0 Å². The van der Waals surface area contributed by atoms with Gasteiger partial charge in [-0.1, -0.05) is 260 Å². The molecule has 11 heteroatoms. The van der Waals surface area contributed by atoms with Crippen molar-refractivity contribution in [2.45, 2.75) is 327 Å². The first-order valence-electron chi connectivity index (χ1n) is 32.9. The Morgan fingerprint density at radius 1 is 0.500 bits per heavy atom. The minimum atomic E-state index is -1.62. The van der Waals surface area contributed by atoms with Gasteiger partial charge in [0.25, 0.3) is 0 Å². The molecule has 1 aliphatic heterocycles. The van der Waals surface area contributed by atoms with Crippen molar-refractivity contribution in [3.8, 4) is 0 Å². The molecular weight excluding hydrogens is 1000 g/mol. The third-order valence-corrected chi connectivity index (χ3v) is 15.0. The number of nitrogens with one attached hydrogen (secondary N) is 1. The van der Waals surface area contributed by atoms with Gasteiger partial charge in [-0.3, -0.25) is 9.59 Å². The van der Waals surface area contributed by atoms with E-state index in [-0.39, 0.29) is 19.4 Å². The number of hydrogen-bond acceptors (Lipinski definition) is 10. The quantitative estimate of drug-likeness (QED) is 0.0195. The van der Waals surface area contributed by atoms with Crippen LogP contribution in [0.3, 0.4) is 0 Å². The first-order chi connectivity index (χ1) is 39.2. The first-order valence-corrected chi connectivity index (χ1v) is 32.9. The van der Waals surface area contributed by atoms with Crippen LogP contribution in [-0.2, 0) is 23.8 Å². The smallest absolute Gasteiger partial charge is 0.306 e. The van der Waals surface area contributed by atoms with Crippen LogP contribution < -0.4 is 5.32 Å². The molecule has 1 aliphatic rings. The fourth-order valence-corrected chi connectivity index (χ4v) is 9.85. The topological polar surface area (TPSA) is 175 Å². The maximum absolute atomic E-state index is 13.4. The Kier molecular flexibility index (Phi) is 52.7. The molecule has 0 aliphatic carbocycles. The molecule has 11 nitrogen and oxygen atoms in total. The second-order valence-electron chi connectivity index (χ2n) is 22.5. The van der Waals surface area contributed by atoms with Gasteiger partial charge in [0.15, 0.2) is 12.4 Å². The zero-order chi connectivity index (χ0) is 58.2. The third kappa shape index (κ3) is 43.5. The van der Waals surface area contributed by atoms with E-state index in [2.05, 4.69) is 99.0 Å². The van der Waals surface area contributed by atoms with Crippen molar-refractivity contribution in [3.63, 3.8) is 0 Å². The van der Waals surface area contributed by atoms with Gasteiger partial charge in [-0.2, -0.15) is 0 Å². The highest BCUT2D eigenvalue weighted by Gasteiger charge is 2.47. The summed E-state index contributed by atoms with van der Waals surface area (Å²) in [5.74, 6) is -1.21. The predicted molar refractivity (Wildman–Crippen MR) is 333 cm³/mol. The Hall–Kier alpha value is -3.16. The van der Waals surface area contributed by atoms with Gasteiger partial charge in [-0.15, -0.1) is 0 Å². The summed E-state index contributed by atoms with van der Waals surface area (Å²) in [5.41, 5.74) is 0. The van der Waals surface area contributed by atoms with Crippen LogP contribution >= 0.6 is 0 Å². The van der Waals surface area contributed by atoms with Crippen molar-refractivity contribution < 1.29 is 49.3 Å². The van der Waals surface area contributed by atoms with Crippen LogP contribution in [0.2, 0.25) is 0 Å². The number of carbonyl (C=O) groups is 2. The lowest BCUT2D eigenvalue weighted by atomic mass is 9.99. The molecule has 462 valence electrons. The minimum Gasteiger partial charge on any atom is -0.454 e. The Bertz CT molecular complexity index is 1620. The summed E-state index contributed by atoms with van der Waals surface area (Å²) in [5, 5.41) is 57.0. The second-order valence-corrected chi connectivity index (χ2v) is 22.5. The predicted octanol–water partition coefficient (Wildman–Crippen LogP) is 16.1. The monoisotopic (exact) mass is 1120 g/mol. The van der Waals surface area contributed by atoms with Gasteiger partial charge in [0, 0.05) is 6.42 Å². The fourth-order valence-electron chi connectivity index (χ4n) is 9.85. The number of rotatable bonds is 55. The van der Waals surface area contributed by atoms with Gasteiger partial charge < -0.3 is 45.1 Å². The Morgan fingerprint density at radius 2 is 0.900 bits per heavy atom. The number of aliphatic hydroxyl groups is 5. The van der Waals surface area contributed by atoms with Crippen LogP contribution in [0, 0.1) is 0 Å². The summed E-state index contributed by atoms with van der Waals surface area (Å²) >= 11 is 0. The van der Waals surface area contributed by atoms with Gasteiger partial charge in [-0.25, -0.2) is 0 Å². The van der Waals surface area contributed by atoms with Crippen LogP contribution in [0.1, 0.15) is 278 Å². The van der Waals surface area contributed by atoms with E-state index in [1.807, 2.05) is 6.08 Å². The molecule has 0 saturated carbocycles. The SMILES string of the molecule is CC/C=C\C/C=C\C/C=C\C/C=C\C/C=C\CCCCCCCCCCCCC(O)C(=O)NC(COC1OC(CO)C(O)C(O)C1OC(=O)CCCCC/C=C\CCCCCCCCC)C(O)/C=C/CCCCCCCCCCC. The largest absolute Gasteiger partial charge is 0.454 e. The van der Waals surface area contributed by atoms with E-state index in [9.17, 15) is 35.1 Å². The number of amides is 1. The average molecular weight is 1120 g/mol. The molecule has 1 rings (SSSR count). The number of unbranched alkanes of at least 4 members (excludes halogenated alkanes) is 29. The van der Waals surface area contributed by atoms with Crippen molar-refractivity contribution in [2.75, 3.05) is 13.2 Å². The molecule has 1 fully saturated rings. The van der Waals surface area contributed by atoms with Crippen molar-refractivity contribution in [3.05, 3.63) is 85.1 Å². The van der Waals surface area contributed by atoms with Gasteiger partial charge >= 0.3 is 5.97 Å². The molecule has 0 spiro atoms. The lowest BCUT2D eigenvalue weighted by Crippen LogP contribution is -2.61. The molecule has 0 aromatic carbocycles. The second kappa shape index (κ2) is 56.3. The number of esters is 1. The van der Waals surface area contributed by atoms with E-state index in [1.165, 1.54) is 128 Å². The highest BCUT2D eigenvalue weighted by Crippen LogP contribution is 2.26. The van der Waals surface area contributed by atoms with Crippen molar-refractivity contribution >= 4 is 11.9 Å². The van der Waals surface area contributed by atoms with E-state index in [0.29, 0.717) is 12.8 Å². The number of aliphatic hydroxyl groups excluding tert-OH is 5. The maximum atomic E-state index is 13.4. The summed E-state index contributed by atoms with van der Waals surface area (Å²) in [7, 11) is 0. The zero-order valence-corrected chi connectivity index (χ0v) is 51.2. The van der Waals surface area contributed by atoms with Crippen LogP contribution in [0.15, 0.2) is 85.1 Å². The molecule has 6 N–H and O–H groups in total. The number of hydrogen-bond donors (Lipinski definition) is 6. The average Bonchev–Trinajstić information content (AvgIpc) is 3.46. The molecule has 8 atom stereocenters. The summed E-state index contributed by atoms with van der Waals surface area (Å²) in [6.07, 6.45) is 63.4. The number of ether oxygens (including phenoxy) is 3. The van der Waals surface area contributed by atoms with Crippen molar-refractivity contribution in [1.29, 1.82) is 0 Å². The molecule has 1 heterocycles. The van der Waals surface area contributed by atoms with Gasteiger partial charge in [-0.05, 0) is 96.3 Å². The first kappa shape index (κ1) is 74.9. The number of allylic oxidation sites excluding steroid dienone is 13. The molecule has 8 unspecified atom stereocenters. The van der Waals surface area contributed by atoms with Gasteiger partial charge in [0.1, 0.15) is 24.4 Å². The summed E-state index contributed by atoms with van der Waals surface area (Å²) in [6.45, 7) is 5.66. The molecule has 0 aromatic heterocycles. The van der Waals surface area contributed by atoms with E-state index in [1.54, 1.807) is 6.08 Å². The minimum absolute atomic E-state index is 0.101. The molecule has 0 bridgehead atoms. The number of carbonyl (C=O) groups excluding carboxylic acids is 2. The lowest BCUT2D eigenvalue weighted by Gasteiger charge is -2.41. The molecule has 1 saturated heterocycles. The third-order valence-electron chi connectivity index (χ3n) is 15.0. The van der Waals surface area contributed by atoms with Gasteiger partial charge in [0.05, 0.1) is 25.4 Å². The lowest BCUT2D eigenvalue weighted by molar-refractivity contribution is -0.305. The highest BCUT2D eigenvalue weighted by atomic mass is 16.7. The molecule has 0 radical (unpaired) electrons. The van der Waals surface area contributed by atoms with E-state index >= 15 is 0 Å². The highest BCUT2D eigenvalue weighted by molar-refractivity contribution is 5.80. The molecule has 80 heavy (non-hydrogen) atoms. The van der Waals surface area contributed by atoms with Crippen molar-refractivity contribution in [2.24, 2.45) is 0 Å². The van der Waals surface area contributed by atoms with Crippen LogP contribution in [0.5, 0.6) is 0 Å². The molecular formula is C69H121NO10. The van der Waals surface area contributed by atoms with Crippen molar-refractivity contribution in [1.82, 2.24) is 5.32 Å². The van der Waals surface area contributed by atoms with E-state index in [0.717, 1.165) is 103 Å². The fraction of sp³-hybridized carbons (Fsp3) is 0.768. The van der Waals surface area contributed by atoms with Gasteiger partial charge in [0.2, 0.25) is 5.91 Å². The van der Waals surface area contributed by atoms with E-state index in [4.69, 9.17) is 14.2 Å². The maximum Gasteiger partial charge on any atom is 0.306 e. The standard InChI is InChI=1S/C69H121NO10/c1-4-7-10-13-16-19-22-24-26-27-28-29-30-31-32-33-34-35-36-37-38-41-44-47-50-53-56-62(73)68(77)70-60(61(72)55-52-49-46-43-40-21-18-15-12-9-6-3)59-78-69-67(66(76)65(75)63(58-71)79-69)80-64(74)57-54-51-48-45-42-39-25-23-20-17-14-11-8-5-2/h7,10,16,19,24,26,28-29,31-32,39,42,52,55,60-63,65-67,69,71-73,75-76H,4-6,8-9,11-15,17-18,20-23,25,27,30,33-38,40-41,43-51,53-54,56-59H2,1-3H3,(H,70,77)/b10-7-,19-16-,26-24-,29-28-,32-31-,42-39-,55-52+.